The zero-order valence-corrected chi connectivity index (χ0v) is 19.0. The van der Waals surface area contributed by atoms with E-state index in [0.717, 1.165) is 24.8 Å². The molecular weight excluding hydrogens is 439 g/mol. The van der Waals surface area contributed by atoms with E-state index < -0.39 is 5.95 Å². The van der Waals surface area contributed by atoms with E-state index in [9.17, 15) is 9.18 Å². The van der Waals surface area contributed by atoms with Crippen molar-refractivity contribution in [1.82, 2.24) is 15.0 Å². The van der Waals surface area contributed by atoms with Crippen molar-refractivity contribution in [2.45, 2.75) is 25.7 Å². The molecule has 1 N–H and O–H groups in total. The van der Waals surface area contributed by atoms with Gasteiger partial charge in [-0.25, -0.2) is 15.0 Å². The van der Waals surface area contributed by atoms with Crippen LogP contribution in [0.4, 0.5) is 10.2 Å². The summed E-state index contributed by atoms with van der Waals surface area (Å²) in [5.74, 6) is 0.773. The Balaban J connectivity index is 1.69. The van der Waals surface area contributed by atoms with Gasteiger partial charge >= 0.3 is 5.97 Å². The lowest BCUT2D eigenvalue weighted by Gasteiger charge is -2.09. The van der Waals surface area contributed by atoms with Crippen LogP contribution in [0.25, 0.3) is 33.6 Å². The number of nitrogens with one attached hydrogen (secondary N) is 1. The first-order valence-electron chi connectivity index (χ1n) is 11.0. The average Bonchev–Trinajstić information content (AvgIpc) is 3.26. The van der Waals surface area contributed by atoms with E-state index in [4.69, 9.17) is 9.15 Å². The summed E-state index contributed by atoms with van der Waals surface area (Å²) in [6, 6.07) is 10.7. The molecule has 3 aromatic heterocycles. The zero-order chi connectivity index (χ0) is 23.9. The number of benzene rings is 1. The van der Waals surface area contributed by atoms with E-state index in [1.807, 2.05) is 24.3 Å². The number of halogens is 1. The lowest BCUT2D eigenvalue weighted by molar-refractivity contribution is -0.140. The number of aromatic nitrogens is 3. The molecular formula is C25H25FN4O4. The van der Waals surface area contributed by atoms with E-state index >= 15 is 0 Å². The third-order valence-corrected chi connectivity index (χ3v) is 5.45. The first-order valence-corrected chi connectivity index (χ1v) is 11.0. The van der Waals surface area contributed by atoms with Gasteiger partial charge in [-0.2, -0.15) is 4.39 Å². The molecule has 1 aromatic carbocycles. The number of anilines is 1. The molecule has 9 heteroatoms. The number of pyridine rings is 1. The molecule has 0 aliphatic heterocycles. The number of hydrogen-bond donors (Lipinski definition) is 1. The summed E-state index contributed by atoms with van der Waals surface area (Å²) < 4.78 is 30.6. The molecule has 0 aliphatic carbocycles. The van der Waals surface area contributed by atoms with Gasteiger partial charge in [-0.1, -0.05) is 18.6 Å². The third-order valence-electron chi connectivity index (χ3n) is 5.45. The Kier molecular flexibility index (Phi) is 7.31. The fourth-order valence-electron chi connectivity index (χ4n) is 3.73. The number of furan rings is 1. The Morgan fingerprint density at radius 3 is 2.62 bits per heavy atom. The smallest absolute Gasteiger partial charge is 0.305 e. The summed E-state index contributed by atoms with van der Waals surface area (Å²) in [4.78, 5) is 23.8. The fraction of sp³-hybridized carbons (Fsp3) is 0.280. The van der Waals surface area contributed by atoms with Crippen LogP contribution in [0.5, 0.6) is 5.75 Å². The summed E-state index contributed by atoms with van der Waals surface area (Å²) in [6.45, 7) is 0.636. The molecule has 3 heterocycles. The maximum absolute atomic E-state index is 14.6. The largest absolute Gasteiger partial charge is 0.497 e. The van der Waals surface area contributed by atoms with Crippen LogP contribution in [-0.4, -0.2) is 41.7 Å². The predicted molar refractivity (Wildman–Crippen MR) is 126 cm³/mol. The molecule has 0 fully saturated rings. The molecule has 176 valence electrons. The number of carbonyl (C=O) groups excluding carboxylic acids is 1. The number of rotatable bonds is 10. The van der Waals surface area contributed by atoms with Crippen molar-refractivity contribution in [3.63, 3.8) is 0 Å². The Morgan fingerprint density at radius 1 is 1.06 bits per heavy atom. The molecule has 0 atom stereocenters. The summed E-state index contributed by atoms with van der Waals surface area (Å²) >= 11 is 0. The Morgan fingerprint density at radius 2 is 1.88 bits per heavy atom. The van der Waals surface area contributed by atoms with Gasteiger partial charge in [0.15, 0.2) is 0 Å². The molecule has 0 aliphatic rings. The second-order valence-corrected chi connectivity index (χ2v) is 7.59. The van der Waals surface area contributed by atoms with Gasteiger partial charge in [-0.05, 0) is 42.7 Å². The van der Waals surface area contributed by atoms with Crippen LogP contribution in [0.3, 0.4) is 0 Å². The van der Waals surface area contributed by atoms with Crippen LogP contribution in [0.15, 0.2) is 53.3 Å². The molecule has 0 amide bonds. The van der Waals surface area contributed by atoms with Gasteiger partial charge in [0.1, 0.15) is 23.7 Å². The minimum Gasteiger partial charge on any atom is -0.497 e. The van der Waals surface area contributed by atoms with E-state index in [0.29, 0.717) is 47.0 Å². The summed E-state index contributed by atoms with van der Waals surface area (Å²) in [6.07, 6.45) is 5.65. The number of fused-ring (bicyclic) bond motifs is 1. The minimum atomic E-state index is -0.635. The number of ether oxygens (including phenoxy) is 2. The van der Waals surface area contributed by atoms with Crippen molar-refractivity contribution in [1.29, 1.82) is 0 Å². The van der Waals surface area contributed by atoms with E-state index in [2.05, 4.69) is 25.0 Å². The quantitative estimate of drug-likeness (QED) is 0.193. The SMILES string of the molecule is COC(=O)CCCCCNc1ncnc2oc(-c3cccnc3F)c(-c3ccc(OC)cc3)c12. The molecule has 0 unspecified atom stereocenters. The summed E-state index contributed by atoms with van der Waals surface area (Å²) in [7, 11) is 2.99. The van der Waals surface area contributed by atoms with Gasteiger partial charge in [0.25, 0.3) is 0 Å². The molecule has 8 nitrogen and oxygen atoms in total. The van der Waals surface area contributed by atoms with Gasteiger partial charge in [-0.3, -0.25) is 4.79 Å². The zero-order valence-electron chi connectivity index (χ0n) is 19.0. The van der Waals surface area contributed by atoms with Gasteiger partial charge in [0, 0.05) is 24.7 Å². The Bertz CT molecular complexity index is 1270. The normalized spacial score (nSPS) is 10.9. The Hall–Kier alpha value is -4.01. The van der Waals surface area contributed by atoms with E-state index in [1.165, 1.54) is 19.6 Å². The topological polar surface area (TPSA) is 99.4 Å². The third kappa shape index (κ3) is 4.98. The highest BCUT2D eigenvalue weighted by Gasteiger charge is 2.24. The maximum atomic E-state index is 14.6. The monoisotopic (exact) mass is 464 g/mol. The fourth-order valence-corrected chi connectivity index (χ4v) is 3.73. The lowest BCUT2D eigenvalue weighted by atomic mass is 9.99. The molecule has 0 radical (unpaired) electrons. The molecule has 4 rings (SSSR count). The number of esters is 1. The number of methoxy groups -OCH3 is 2. The average molecular weight is 464 g/mol. The van der Waals surface area contributed by atoms with Gasteiger partial charge < -0.3 is 19.2 Å². The summed E-state index contributed by atoms with van der Waals surface area (Å²) in [5.41, 5.74) is 2.04. The van der Waals surface area contributed by atoms with Crippen molar-refractivity contribution in [2.75, 3.05) is 26.1 Å². The maximum Gasteiger partial charge on any atom is 0.305 e. The highest BCUT2D eigenvalue weighted by Crippen LogP contribution is 2.43. The van der Waals surface area contributed by atoms with Crippen molar-refractivity contribution in [3.05, 3.63) is 54.9 Å². The van der Waals surface area contributed by atoms with Crippen LogP contribution in [-0.2, 0) is 9.53 Å². The number of hydrogen-bond acceptors (Lipinski definition) is 8. The first kappa shape index (κ1) is 23.2. The lowest BCUT2D eigenvalue weighted by Crippen LogP contribution is -2.05. The van der Waals surface area contributed by atoms with Crippen LogP contribution in [0.2, 0.25) is 0 Å². The van der Waals surface area contributed by atoms with E-state index in [-0.39, 0.29) is 11.5 Å². The molecule has 0 spiro atoms. The van der Waals surface area contributed by atoms with Crippen molar-refractivity contribution in [3.8, 4) is 28.2 Å². The van der Waals surface area contributed by atoms with Crippen LogP contribution < -0.4 is 10.1 Å². The minimum absolute atomic E-state index is 0.205. The number of nitrogens with zero attached hydrogens (tertiary/aromatic N) is 3. The van der Waals surface area contributed by atoms with Gasteiger partial charge in [-0.15, -0.1) is 0 Å². The first-order chi connectivity index (χ1) is 16.6. The molecule has 34 heavy (non-hydrogen) atoms. The summed E-state index contributed by atoms with van der Waals surface area (Å²) in [5, 5.41) is 3.99. The van der Waals surface area contributed by atoms with E-state index in [1.54, 1.807) is 19.2 Å². The highest BCUT2D eigenvalue weighted by molar-refractivity contribution is 6.05. The van der Waals surface area contributed by atoms with Crippen LogP contribution in [0.1, 0.15) is 25.7 Å². The second-order valence-electron chi connectivity index (χ2n) is 7.59. The van der Waals surface area contributed by atoms with Crippen LogP contribution >= 0.6 is 0 Å². The standard InChI is InChI=1S/C25H25FN4O4/c1-32-17-11-9-16(10-12-17)20-21-24(28-13-5-3-4-8-19(31)33-2)29-15-30-25(21)34-22(20)18-7-6-14-27-23(18)26/h6-7,9-12,14-15H,3-5,8,13H2,1-2H3,(H,28,29,30). The molecule has 0 saturated carbocycles. The van der Waals surface area contributed by atoms with Crippen molar-refractivity contribution in [2.24, 2.45) is 0 Å². The second kappa shape index (κ2) is 10.7. The molecule has 0 bridgehead atoms. The van der Waals surface area contributed by atoms with Gasteiger partial charge in [0.05, 0.1) is 25.2 Å². The van der Waals surface area contributed by atoms with Crippen molar-refractivity contribution >= 4 is 22.9 Å². The molecule has 4 aromatic rings. The van der Waals surface area contributed by atoms with Crippen molar-refractivity contribution < 1.29 is 23.1 Å². The van der Waals surface area contributed by atoms with Gasteiger partial charge in [0.2, 0.25) is 11.7 Å². The Labute approximate surface area is 196 Å². The molecule has 0 saturated heterocycles. The predicted octanol–water partition coefficient (Wildman–Crippen LogP) is 5.24. The highest BCUT2D eigenvalue weighted by atomic mass is 19.1. The number of carbonyl (C=O) groups is 1. The number of unbranched alkanes of at least 4 members (excludes halogenated alkanes) is 2. The van der Waals surface area contributed by atoms with Crippen LogP contribution in [0, 0.1) is 5.95 Å².